The van der Waals surface area contributed by atoms with Crippen LogP contribution < -0.4 is 24.8 Å². The molecule has 0 bridgehead atoms. The highest BCUT2D eigenvalue weighted by molar-refractivity contribution is 6.14. The number of hydrogen-bond donors (Lipinski definition) is 2. The molecule has 1 aromatic heterocycles. The molecule has 0 saturated heterocycles. The Morgan fingerprint density at radius 2 is 1.66 bits per heavy atom. The van der Waals surface area contributed by atoms with Gasteiger partial charge in [-0.05, 0) is 36.4 Å². The minimum Gasteiger partial charge on any atom is -0.484 e. The normalized spacial score (nSPS) is 11.9. The van der Waals surface area contributed by atoms with Gasteiger partial charge in [0.2, 0.25) is 12.6 Å². The van der Waals surface area contributed by atoms with Gasteiger partial charge in [0.1, 0.15) is 17.0 Å². The number of anilines is 2. The van der Waals surface area contributed by atoms with Gasteiger partial charge in [0.25, 0.3) is 11.8 Å². The Morgan fingerprint density at radius 1 is 0.875 bits per heavy atom. The third-order valence-electron chi connectivity index (χ3n) is 4.81. The standard InChI is InChI=1S/C24H18N2O6/c27-21(13-29-16-6-2-1-3-7-16)26-22-17-8-4-5-9-18(17)32-23(22)24(28)25-15-10-11-19-20(12-15)31-14-30-19/h1-12H,13-14H2,(H,25,28)(H,26,27). The van der Waals surface area contributed by atoms with Crippen molar-refractivity contribution in [3.63, 3.8) is 0 Å². The van der Waals surface area contributed by atoms with Crippen LogP contribution in [0.5, 0.6) is 17.2 Å². The number of hydrogen-bond acceptors (Lipinski definition) is 6. The van der Waals surface area contributed by atoms with Gasteiger partial charge in [-0.25, -0.2) is 0 Å². The molecule has 2 heterocycles. The molecule has 8 heteroatoms. The number of amides is 2. The van der Waals surface area contributed by atoms with Crippen LogP contribution in [0.25, 0.3) is 11.0 Å². The highest BCUT2D eigenvalue weighted by Gasteiger charge is 2.23. The second-order valence-corrected chi connectivity index (χ2v) is 6.97. The SMILES string of the molecule is O=C(COc1ccccc1)Nc1c(C(=O)Nc2ccc3c(c2)OCO3)oc2ccccc12. The van der Waals surface area contributed by atoms with Gasteiger partial charge in [0.05, 0.1) is 0 Å². The number of carbonyl (C=O) groups is 2. The van der Waals surface area contributed by atoms with Crippen molar-refractivity contribution in [1.82, 2.24) is 0 Å². The van der Waals surface area contributed by atoms with Crippen LogP contribution in [0.3, 0.4) is 0 Å². The molecule has 0 aliphatic carbocycles. The average Bonchev–Trinajstić information content (AvgIpc) is 3.43. The van der Waals surface area contributed by atoms with Crippen molar-refractivity contribution in [1.29, 1.82) is 0 Å². The molecule has 0 fully saturated rings. The van der Waals surface area contributed by atoms with Crippen LogP contribution in [0, 0.1) is 0 Å². The first kappa shape index (κ1) is 19.5. The molecule has 4 aromatic rings. The molecule has 0 atom stereocenters. The summed E-state index contributed by atoms with van der Waals surface area (Å²) in [6.07, 6.45) is 0. The summed E-state index contributed by atoms with van der Waals surface area (Å²) in [6, 6.07) is 21.1. The zero-order valence-corrected chi connectivity index (χ0v) is 16.8. The predicted molar refractivity (Wildman–Crippen MR) is 117 cm³/mol. The van der Waals surface area contributed by atoms with E-state index in [1.54, 1.807) is 54.6 Å². The lowest BCUT2D eigenvalue weighted by molar-refractivity contribution is -0.118. The Hall–Kier alpha value is -4.46. The second kappa shape index (κ2) is 8.35. The van der Waals surface area contributed by atoms with Crippen molar-refractivity contribution in [2.45, 2.75) is 0 Å². The van der Waals surface area contributed by atoms with Crippen LogP contribution in [0.2, 0.25) is 0 Å². The van der Waals surface area contributed by atoms with Gasteiger partial charge in [0.15, 0.2) is 18.1 Å². The molecule has 3 aromatic carbocycles. The zero-order valence-electron chi connectivity index (χ0n) is 16.8. The van der Waals surface area contributed by atoms with E-state index in [4.69, 9.17) is 18.6 Å². The molecule has 8 nitrogen and oxygen atoms in total. The quantitative estimate of drug-likeness (QED) is 0.470. The number of furan rings is 1. The molecule has 0 unspecified atom stereocenters. The highest BCUT2D eigenvalue weighted by atomic mass is 16.7. The summed E-state index contributed by atoms with van der Waals surface area (Å²) in [5.74, 6) is 0.770. The van der Waals surface area contributed by atoms with Gasteiger partial charge in [-0.3, -0.25) is 9.59 Å². The molecule has 0 radical (unpaired) electrons. The fourth-order valence-electron chi connectivity index (χ4n) is 3.33. The van der Waals surface area contributed by atoms with Crippen molar-refractivity contribution in [3.8, 4) is 17.2 Å². The molecule has 0 saturated carbocycles. The second-order valence-electron chi connectivity index (χ2n) is 6.97. The summed E-state index contributed by atoms with van der Waals surface area (Å²) in [6.45, 7) is -0.0791. The highest BCUT2D eigenvalue weighted by Crippen LogP contribution is 2.35. The molecule has 32 heavy (non-hydrogen) atoms. The molecule has 1 aliphatic heterocycles. The number of ether oxygens (including phenoxy) is 3. The van der Waals surface area contributed by atoms with E-state index in [9.17, 15) is 9.59 Å². The maximum Gasteiger partial charge on any atom is 0.293 e. The Balaban J connectivity index is 1.37. The van der Waals surface area contributed by atoms with E-state index in [0.29, 0.717) is 33.9 Å². The van der Waals surface area contributed by atoms with E-state index >= 15 is 0 Å². The largest absolute Gasteiger partial charge is 0.484 e. The Morgan fingerprint density at radius 3 is 2.53 bits per heavy atom. The van der Waals surface area contributed by atoms with Gasteiger partial charge in [-0.1, -0.05) is 30.3 Å². The summed E-state index contributed by atoms with van der Waals surface area (Å²) in [5.41, 5.74) is 1.26. The lowest BCUT2D eigenvalue weighted by Gasteiger charge is -2.09. The Kier molecular flexibility index (Phi) is 5.09. The molecule has 1 aliphatic rings. The van der Waals surface area contributed by atoms with Crippen LogP contribution in [-0.2, 0) is 4.79 Å². The van der Waals surface area contributed by atoms with Crippen molar-refractivity contribution in [3.05, 3.63) is 78.6 Å². The minimum atomic E-state index is -0.514. The van der Waals surface area contributed by atoms with Crippen LogP contribution in [-0.4, -0.2) is 25.2 Å². The van der Waals surface area contributed by atoms with Crippen molar-refractivity contribution in [2.75, 3.05) is 24.0 Å². The van der Waals surface area contributed by atoms with Crippen LogP contribution in [0.15, 0.2) is 77.2 Å². The molecular formula is C24H18N2O6. The van der Waals surface area contributed by atoms with Gasteiger partial charge >= 0.3 is 0 Å². The minimum absolute atomic E-state index is 0.0167. The number of nitrogens with one attached hydrogen (secondary N) is 2. The molecule has 2 N–H and O–H groups in total. The number of rotatable bonds is 6. The molecule has 2 amide bonds. The lowest BCUT2D eigenvalue weighted by Crippen LogP contribution is -2.22. The number of fused-ring (bicyclic) bond motifs is 2. The van der Waals surface area contributed by atoms with Gasteiger partial charge in [-0.15, -0.1) is 0 Å². The topological polar surface area (TPSA) is 99.0 Å². The fraction of sp³-hybridized carbons (Fsp3) is 0.0833. The third-order valence-corrected chi connectivity index (χ3v) is 4.81. The first-order valence-corrected chi connectivity index (χ1v) is 9.87. The number of para-hydroxylation sites is 2. The Labute approximate surface area is 182 Å². The van der Waals surface area contributed by atoms with Crippen molar-refractivity contribution >= 4 is 34.2 Å². The van der Waals surface area contributed by atoms with E-state index in [0.717, 1.165) is 0 Å². The fourth-order valence-corrected chi connectivity index (χ4v) is 3.33. The van der Waals surface area contributed by atoms with E-state index in [1.165, 1.54) is 0 Å². The maximum atomic E-state index is 13.0. The summed E-state index contributed by atoms with van der Waals surface area (Å²) in [7, 11) is 0. The first-order chi connectivity index (χ1) is 15.7. The predicted octanol–water partition coefficient (Wildman–Crippen LogP) is 4.43. The van der Waals surface area contributed by atoms with Crippen LogP contribution in [0.4, 0.5) is 11.4 Å². The molecular weight excluding hydrogens is 412 g/mol. The van der Waals surface area contributed by atoms with Crippen molar-refractivity contribution < 1.29 is 28.2 Å². The maximum absolute atomic E-state index is 13.0. The summed E-state index contributed by atoms with van der Waals surface area (Å²) < 4.78 is 21.9. The van der Waals surface area contributed by atoms with Crippen LogP contribution in [0.1, 0.15) is 10.6 Å². The van der Waals surface area contributed by atoms with Crippen molar-refractivity contribution in [2.24, 2.45) is 0 Å². The Bertz CT molecular complexity index is 1300. The molecule has 160 valence electrons. The van der Waals surface area contributed by atoms with E-state index < -0.39 is 11.8 Å². The van der Waals surface area contributed by atoms with E-state index in [2.05, 4.69) is 10.6 Å². The van der Waals surface area contributed by atoms with Gasteiger partial charge in [0, 0.05) is 17.1 Å². The summed E-state index contributed by atoms with van der Waals surface area (Å²) in [4.78, 5) is 25.6. The number of benzene rings is 3. The smallest absolute Gasteiger partial charge is 0.293 e. The van der Waals surface area contributed by atoms with Crippen LogP contribution >= 0.6 is 0 Å². The summed E-state index contributed by atoms with van der Waals surface area (Å²) >= 11 is 0. The third kappa shape index (κ3) is 3.93. The molecule has 5 rings (SSSR count). The number of carbonyl (C=O) groups excluding carboxylic acids is 2. The van der Waals surface area contributed by atoms with Gasteiger partial charge < -0.3 is 29.3 Å². The van der Waals surface area contributed by atoms with Gasteiger partial charge in [-0.2, -0.15) is 0 Å². The summed E-state index contributed by atoms with van der Waals surface area (Å²) in [5, 5.41) is 6.13. The average molecular weight is 430 g/mol. The lowest BCUT2D eigenvalue weighted by atomic mass is 10.2. The van der Waals surface area contributed by atoms with E-state index in [1.807, 2.05) is 18.2 Å². The first-order valence-electron chi connectivity index (χ1n) is 9.87. The zero-order chi connectivity index (χ0) is 21.9. The molecule has 0 spiro atoms. The van der Waals surface area contributed by atoms with E-state index in [-0.39, 0.29) is 24.8 Å². The monoisotopic (exact) mass is 430 g/mol.